The van der Waals surface area contributed by atoms with Gasteiger partial charge in [0.15, 0.2) is 15.8 Å². The Hall–Kier alpha value is -1.93. The number of hydrogen-bond donors (Lipinski definition) is 2. The van der Waals surface area contributed by atoms with E-state index >= 15 is 0 Å². The van der Waals surface area contributed by atoms with E-state index in [-0.39, 0.29) is 12.3 Å². The van der Waals surface area contributed by atoms with Gasteiger partial charge in [-0.25, -0.2) is 17.8 Å². The minimum absolute atomic E-state index is 0.128. The quantitative estimate of drug-likeness (QED) is 0.517. The number of nitrogens with zero attached hydrogens (tertiary/aromatic N) is 1. The highest BCUT2D eigenvalue weighted by Crippen LogP contribution is 2.17. The highest BCUT2D eigenvalue weighted by atomic mass is 32.2. The van der Waals surface area contributed by atoms with Gasteiger partial charge in [0, 0.05) is 19.3 Å². The van der Waals surface area contributed by atoms with Crippen molar-refractivity contribution in [2.24, 2.45) is 4.99 Å². The maximum absolute atomic E-state index is 13.6. The lowest BCUT2D eigenvalue weighted by Gasteiger charge is -2.15. The molecule has 1 atom stereocenters. The number of halogens is 1. The highest BCUT2D eigenvalue weighted by molar-refractivity contribution is 7.89. The Morgan fingerprint density at radius 3 is 2.67 bits per heavy atom. The molecule has 8 heteroatoms. The summed E-state index contributed by atoms with van der Waals surface area (Å²) < 4.78 is 36.9. The molecule has 148 valence electrons. The predicted octanol–water partition coefficient (Wildman–Crippen LogP) is 3.29. The largest absolute Gasteiger partial charge is 0.357 e. The molecule has 5 nitrogen and oxygen atoms in total. The summed E-state index contributed by atoms with van der Waals surface area (Å²) in [6.07, 6.45) is 1.17. The zero-order chi connectivity index (χ0) is 19.9. The van der Waals surface area contributed by atoms with Crippen LogP contribution in [0.5, 0.6) is 0 Å². The number of aliphatic imine (C=N–C) groups is 1. The second-order valence-corrected chi connectivity index (χ2v) is 9.44. The van der Waals surface area contributed by atoms with Crippen LogP contribution in [0.25, 0.3) is 0 Å². The van der Waals surface area contributed by atoms with E-state index < -0.39 is 15.7 Å². The highest BCUT2D eigenvalue weighted by Gasteiger charge is 2.11. The van der Waals surface area contributed by atoms with Gasteiger partial charge < -0.3 is 10.6 Å². The van der Waals surface area contributed by atoms with Gasteiger partial charge in [-0.3, -0.25) is 0 Å². The Balaban J connectivity index is 2.10. The summed E-state index contributed by atoms with van der Waals surface area (Å²) in [5, 5.41) is 10.6. The molecule has 1 aromatic heterocycles. The fourth-order valence-corrected chi connectivity index (χ4v) is 4.22. The fourth-order valence-electron chi connectivity index (χ4n) is 2.59. The van der Waals surface area contributed by atoms with E-state index in [1.807, 2.05) is 6.92 Å². The van der Waals surface area contributed by atoms with Crippen molar-refractivity contribution < 1.29 is 12.8 Å². The zero-order valence-corrected chi connectivity index (χ0v) is 17.5. The van der Waals surface area contributed by atoms with Gasteiger partial charge in [-0.1, -0.05) is 13.0 Å². The number of guanidine groups is 1. The van der Waals surface area contributed by atoms with Crippen LogP contribution in [0.1, 0.15) is 36.5 Å². The molecule has 2 rings (SSSR count). The Morgan fingerprint density at radius 2 is 2.04 bits per heavy atom. The smallest absolute Gasteiger partial charge is 0.191 e. The predicted molar refractivity (Wildman–Crippen MR) is 111 cm³/mol. The SMILES string of the molecule is CCNC(=NCc1cc(F)ccc1CS(C)(=O)=O)NCC(C)c1ccsc1. The minimum Gasteiger partial charge on any atom is -0.357 e. The standard InChI is InChI=1S/C19H26FN3O2S2/c1-4-21-19(22-10-14(2)15-7-8-26-12-15)23-11-17-9-18(20)6-5-16(17)13-27(3,24)25/h5-9,12,14H,4,10-11,13H2,1-3H3,(H2,21,22,23). The van der Waals surface area contributed by atoms with Crippen LogP contribution in [-0.2, 0) is 22.1 Å². The number of sulfone groups is 1. The van der Waals surface area contributed by atoms with Gasteiger partial charge in [0.1, 0.15) is 5.82 Å². The monoisotopic (exact) mass is 411 g/mol. The molecular weight excluding hydrogens is 385 g/mol. The first-order valence-electron chi connectivity index (χ1n) is 8.77. The molecule has 0 aliphatic heterocycles. The average molecular weight is 412 g/mol. The maximum Gasteiger partial charge on any atom is 0.191 e. The second-order valence-electron chi connectivity index (χ2n) is 6.52. The average Bonchev–Trinajstić information content (AvgIpc) is 3.12. The van der Waals surface area contributed by atoms with Crippen molar-refractivity contribution in [3.8, 4) is 0 Å². The molecule has 1 heterocycles. The van der Waals surface area contributed by atoms with Gasteiger partial charge in [-0.05, 0) is 58.5 Å². The molecule has 1 aromatic carbocycles. The minimum atomic E-state index is -3.21. The summed E-state index contributed by atoms with van der Waals surface area (Å²) in [5.41, 5.74) is 2.41. The first-order chi connectivity index (χ1) is 12.8. The molecule has 0 amide bonds. The third kappa shape index (κ3) is 7.30. The van der Waals surface area contributed by atoms with Gasteiger partial charge in [0.25, 0.3) is 0 Å². The van der Waals surface area contributed by atoms with Gasteiger partial charge in [-0.15, -0.1) is 0 Å². The number of rotatable bonds is 8. The lowest BCUT2D eigenvalue weighted by molar-refractivity contribution is 0.600. The molecule has 0 radical (unpaired) electrons. The molecule has 0 saturated heterocycles. The lowest BCUT2D eigenvalue weighted by atomic mass is 10.1. The maximum atomic E-state index is 13.6. The summed E-state index contributed by atoms with van der Waals surface area (Å²) in [4.78, 5) is 4.50. The third-order valence-electron chi connectivity index (χ3n) is 4.03. The van der Waals surface area contributed by atoms with Crippen molar-refractivity contribution in [3.05, 3.63) is 57.5 Å². The van der Waals surface area contributed by atoms with Crippen molar-refractivity contribution in [3.63, 3.8) is 0 Å². The van der Waals surface area contributed by atoms with Crippen molar-refractivity contribution >= 4 is 27.1 Å². The number of thiophene rings is 1. The zero-order valence-electron chi connectivity index (χ0n) is 15.8. The fraction of sp³-hybridized carbons (Fsp3) is 0.421. The number of benzene rings is 1. The van der Waals surface area contributed by atoms with Crippen molar-refractivity contribution in [2.75, 3.05) is 19.3 Å². The van der Waals surface area contributed by atoms with Crippen LogP contribution in [-0.4, -0.2) is 33.7 Å². The summed E-state index contributed by atoms with van der Waals surface area (Å²) in [5.74, 6) is 0.419. The van der Waals surface area contributed by atoms with Crippen LogP contribution in [0.15, 0.2) is 40.0 Å². The van der Waals surface area contributed by atoms with Crippen LogP contribution in [0.2, 0.25) is 0 Å². The first kappa shape index (κ1) is 21.4. The molecule has 27 heavy (non-hydrogen) atoms. The Bertz CT molecular complexity index is 865. The van der Waals surface area contributed by atoms with E-state index in [0.717, 1.165) is 0 Å². The molecule has 0 aliphatic rings. The van der Waals surface area contributed by atoms with Crippen LogP contribution in [0, 0.1) is 5.82 Å². The summed E-state index contributed by atoms with van der Waals surface area (Å²) in [6.45, 7) is 5.71. The Labute approximate surface area is 164 Å². The van der Waals surface area contributed by atoms with E-state index in [1.54, 1.807) is 11.3 Å². The number of nitrogens with one attached hydrogen (secondary N) is 2. The normalized spacial score (nSPS) is 13.4. The molecule has 0 aliphatic carbocycles. The molecular formula is C19H26FN3O2S2. The first-order valence-corrected chi connectivity index (χ1v) is 11.8. The summed E-state index contributed by atoms with van der Waals surface area (Å²) in [7, 11) is -3.21. The molecule has 1 unspecified atom stereocenters. The lowest BCUT2D eigenvalue weighted by Crippen LogP contribution is -2.39. The van der Waals surface area contributed by atoms with Crippen LogP contribution in [0.3, 0.4) is 0 Å². The van der Waals surface area contributed by atoms with E-state index in [1.165, 1.54) is 30.0 Å². The Kier molecular flexibility index (Phi) is 7.79. The number of hydrogen-bond acceptors (Lipinski definition) is 4. The van der Waals surface area contributed by atoms with Crippen LogP contribution >= 0.6 is 11.3 Å². The van der Waals surface area contributed by atoms with Crippen LogP contribution < -0.4 is 10.6 Å². The Morgan fingerprint density at radius 1 is 1.26 bits per heavy atom. The third-order valence-corrected chi connectivity index (χ3v) is 5.56. The van der Waals surface area contributed by atoms with Crippen molar-refractivity contribution in [1.82, 2.24) is 10.6 Å². The summed E-state index contributed by atoms with van der Waals surface area (Å²) in [6, 6.07) is 6.24. The second kappa shape index (κ2) is 9.85. The van der Waals surface area contributed by atoms with Gasteiger partial charge in [-0.2, -0.15) is 11.3 Å². The molecule has 0 saturated carbocycles. The topological polar surface area (TPSA) is 70.6 Å². The van der Waals surface area contributed by atoms with Gasteiger partial charge in [0.2, 0.25) is 0 Å². The van der Waals surface area contributed by atoms with Gasteiger partial charge >= 0.3 is 0 Å². The molecule has 0 spiro atoms. The van der Waals surface area contributed by atoms with E-state index in [0.29, 0.717) is 36.1 Å². The van der Waals surface area contributed by atoms with Crippen LogP contribution in [0.4, 0.5) is 4.39 Å². The van der Waals surface area contributed by atoms with E-state index in [2.05, 4.69) is 39.4 Å². The van der Waals surface area contributed by atoms with E-state index in [9.17, 15) is 12.8 Å². The van der Waals surface area contributed by atoms with Crippen molar-refractivity contribution in [1.29, 1.82) is 0 Å². The summed E-state index contributed by atoms with van der Waals surface area (Å²) >= 11 is 1.67. The molecule has 0 bridgehead atoms. The van der Waals surface area contributed by atoms with Crippen molar-refractivity contribution in [2.45, 2.75) is 32.1 Å². The molecule has 2 aromatic rings. The molecule has 0 fully saturated rings. The van der Waals surface area contributed by atoms with Gasteiger partial charge in [0.05, 0.1) is 12.3 Å². The molecule has 2 N–H and O–H groups in total. The van der Waals surface area contributed by atoms with E-state index in [4.69, 9.17) is 0 Å².